The smallest absolute Gasteiger partial charge is 0.335 e. The summed E-state index contributed by atoms with van der Waals surface area (Å²) in [6.07, 6.45) is 6.26. The Kier molecular flexibility index (Phi) is 4.26. The molecule has 0 amide bonds. The summed E-state index contributed by atoms with van der Waals surface area (Å²) in [5, 5.41) is 9.02. The number of fused-ring (bicyclic) bond motifs is 1. The van der Waals surface area contributed by atoms with Crippen molar-refractivity contribution in [2.75, 3.05) is 0 Å². The number of carbonyl (C=O) groups is 2. The fourth-order valence-corrected chi connectivity index (χ4v) is 3.04. The minimum absolute atomic E-state index is 0.118. The first-order chi connectivity index (χ1) is 9.48. The van der Waals surface area contributed by atoms with E-state index in [0.29, 0.717) is 5.56 Å². The van der Waals surface area contributed by atoms with Gasteiger partial charge in [0.05, 0.1) is 5.56 Å². The maximum atomic E-state index is 12.6. The number of rotatable bonds is 6. The molecular weight excluding hydrogens is 252 g/mol. The number of aromatic carboxylic acids is 1. The third-order valence-corrected chi connectivity index (χ3v) is 4.31. The molecule has 2 rings (SSSR count). The lowest BCUT2D eigenvalue weighted by Crippen LogP contribution is -2.24. The van der Waals surface area contributed by atoms with Crippen LogP contribution in [-0.2, 0) is 6.42 Å². The molecule has 0 aliphatic heterocycles. The van der Waals surface area contributed by atoms with E-state index in [1.54, 1.807) is 12.1 Å². The number of carboxylic acids is 1. The van der Waals surface area contributed by atoms with Crippen molar-refractivity contribution in [1.82, 2.24) is 0 Å². The molecule has 0 spiro atoms. The number of hydrogen-bond donors (Lipinski definition) is 1. The van der Waals surface area contributed by atoms with E-state index in [-0.39, 0.29) is 16.8 Å². The number of Topliss-reactive ketones (excluding diaryl/α,β-unsaturated/α-hetero) is 1. The van der Waals surface area contributed by atoms with Gasteiger partial charge in [-0.3, -0.25) is 4.79 Å². The number of unbranched alkanes of at least 4 members (excludes halogenated alkanes) is 3. The Bertz CT molecular complexity index is 533. The topological polar surface area (TPSA) is 54.4 Å². The molecule has 0 heterocycles. The molecule has 0 saturated carbocycles. The minimum atomic E-state index is -0.975. The van der Waals surface area contributed by atoms with Crippen LogP contribution in [0.5, 0.6) is 0 Å². The monoisotopic (exact) mass is 274 g/mol. The summed E-state index contributed by atoms with van der Waals surface area (Å²) in [4.78, 5) is 23.6. The van der Waals surface area contributed by atoms with Crippen molar-refractivity contribution in [1.29, 1.82) is 0 Å². The first-order valence-electron chi connectivity index (χ1n) is 7.39. The highest BCUT2D eigenvalue weighted by Crippen LogP contribution is 2.40. The van der Waals surface area contributed by atoms with Crippen LogP contribution in [0.25, 0.3) is 0 Å². The number of benzene rings is 1. The molecule has 1 N–H and O–H groups in total. The van der Waals surface area contributed by atoms with E-state index in [2.05, 4.69) is 6.92 Å². The van der Waals surface area contributed by atoms with Gasteiger partial charge in [0.15, 0.2) is 5.78 Å². The van der Waals surface area contributed by atoms with Gasteiger partial charge in [0.25, 0.3) is 0 Å². The van der Waals surface area contributed by atoms with Crippen LogP contribution in [0, 0.1) is 5.41 Å². The van der Waals surface area contributed by atoms with E-state index in [1.807, 2.05) is 6.92 Å². The van der Waals surface area contributed by atoms with Gasteiger partial charge in [0, 0.05) is 11.0 Å². The third kappa shape index (κ3) is 2.77. The average Bonchev–Trinajstić information content (AvgIpc) is 2.67. The lowest BCUT2D eigenvalue weighted by molar-refractivity contribution is 0.0697. The van der Waals surface area contributed by atoms with E-state index in [1.165, 1.54) is 18.9 Å². The Morgan fingerprint density at radius 2 is 2.05 bits per heavy atom. The molecule has 1 aliphatic carbocycles. The average molecular weight is 274 g/mol. The Morgan fingerprint density at radius 3 is 2.70 bits per heavy atom. The Labute approximate surface area is 120 Å². The maximum Gasteiger partial charge on any atom is 0.335 e. The second-order valence-corrected chi connectivity index (χ2v) is 6.05. The van der Waals surface area contributed by atoms with Crippen LogP contribution in [0.1, 0.15) is 72.2 Å². The van der Waals surface area contributed by atoms with Gasteiger partial charge in [-0.25, -0.2) is 4.79 Å². The van der Waals surface area contributed by atoms with Crippen molar-refractivity contribution >= 4 is 11.8 Å². The molecule has 1 aromatic carbocycles. The van der Waals surface area contributed by atoms with Gasteiger partial charge in [-0.2, -0.15) is 0 Å². The van der Waals surface area contributed by atoms with Crippen LogP contribution in [0.15, 0.2) is 18.2 Å². The summed E-state index contributed by atoms with van der Waals surface area (Å²) in [6.45, 7) is 4.19. The molecule has 3 heteroatoms. The molecule has 1 aliphatic rings. The molecular formula is C17H22O3. The van der Waals surface area contributed by atoms with E-state index in [0.717, 1.165) is 31.2 Å². The number of carboxylic acid groups (broad SMARTS) is 1. The first-order valence-corrected chi connectivity index (χ1v) is 7.39. The predicted molar refractivity (Wildman–Crippen MR) is 78.3 cm³/mol. The highest BCUT2D eigenvalue weighted by atomic mass is 16.4. The fraction of sp³-hybridized carbons (Fsp3) is 0.529. The van der Waals surface area contributed by atoms with E-state index in [4.69, 9.17) is 5.11 Å². The van der Waals surface area contributed by atoms with Crippen molar-refractivity contribution in [3.63, 3.8) is 0 Å². The van der Waals surface area contributed by atoms with Crippen LogP contribution in [0.3, 0.4) is 0 Å². The van der Waals surface area contributed by atoms with E-state index in [9.17, 15) is 9.59 Å². The minimum Gasteiger partial charge on any atom is -0.478 e. The van der Waals surface area contributed by atoms with Gasteiger partial charge in [-0.15, -0.1) is 0 Å². The lowest BCUT2D eigenvalue weighted by atomic mass is 9.81. The molecule has 1 aromatic rings. The van der Waals surface area contributed by atoms with Crippen molar-refractivity contribution in [3.05, 3.63) is 34.9 Å². The van der Waals surface area contributed by atoms with Crippen LogP contribution >= 0.6 is 0 Å². The van der Waals surface area contributed by atoms with Crippen molar-refractivity contribution in [2.24, 2.45) is 5.41 Å². The van der Waals surface area contributed by atoms with Crippen molar-refractivity contribution in [3.8, 4) is 0 Å². The summed E-state index contributed by atoms with van der Waals surface area (Å²) in [6, 6.07) is 4.93. The largest absolute Gasteiger partial charge is 0.478 e. The maximum absolute atomic E-state index is 12.6. The zero-order valence-corrected chi connectivity index (χ0v) is 12.2. The molecule has 1 unspecified atom stereocenters. The van der Waals surface area contributed by atoms with Gasteiger partial charge in [0.2, 0.25) is 0 Å². The molecule has 0 aromatic heterocycles. The summed E-state index contributed by atoms with van der Waals surface area (Å²) in [5.74, 6) is -0.857. The molecule has 0 fully saturated rings. The normalized spacial score (nSPS) is 21.0. The van der Waals surface area contributed by atoms with Gasteiger partial charge in [-0.05, 0) is 30.5 Å². The highest BCUT2D eigenvalue weighted by molar-refractivity contribution is 6.06. The second kappa shape index (κ2) is 5.78. The SMILES string of the molecule is CCCCCCC1(C)Cc2ccc(C(=O)O)cc2C1=O. The third-order valence-electron chi connectivity index (χ3n) is 4.31. The van der Waals surface area contributed by atoms with Crippen molar-refractivity contribution in [2.45, 2.75) is 52.4 Å². The molecule has 1 atom stereocenters. The Hall–Kier alpha value is -1.64. The molecule has 0 bridgehead atoms. The first kappa shape index (κ1) is 14.8. The molecule has 3 nitrogen and oxygen atoms in total. The van der Waals surface area contributed by atoms with E-state index >= 15 is 0 Å². The molecule has 0 radical (unpaired) electrons. The quantitative estimate of drug-likeness (QED) is 0.794. The summed E-state index contributed by atoms with van der Waals surface area (Å²) < 4.78 is 0. The molecule has 108 valence electrons. The zero-order chi connectivity index (χ0) is 14.8. The lowest BCUT2D eigenvalue weighted by Gasteiger charge is -2.21. The highest BCUT2D eigenvalue weighted by Gasteiger charge is 2.41. The number of hydrogen-bond acceptors (Lipinski definition) is 2. The van der Waals surface area contributed by atoms with Crippen LogP contribution in [0.2, 0.25) is 0 Å². The molecule has 20 heavy (non-hydrogen) atoms. The van der Waals surface area contributed by atoms with Gasteiger partial charge >= 0.3 is 5.97 Å². The Morgan fingerprint density at radius 1 is 1.30 bits per heavy atom. The fourth-order valence-electron chi connectivity index (χ4n) is 3.04. The number of ketones is 1. The summed E-state index contributed by atoms with van der Waals surface area (Å²) >= 11 is 0. The van der Waals surface area contributed by atoms with Crippen LogP contribution in [-0.4, -0.2) is 16.9 Å². The second-order valence-electron chi connectivity index (χ2n) is 6.05. The summed E-state index contributed by atoms with van der Waals surface area (Å²) in [5.41, 5.74) is 1.47. The summed E-state index contributed by atoms with van der Waals surface area (Å²) in [7, 11) is 0. The van der Waals surface area contributed by atoms with Gasteiger partial charge in [-0.1, -0.05) is 45.6 Å². The van der Waals surface area contributed by atoms with Crippen molar-refractivity contribution < 1.29 is 14.7 Å². The Balaban J connectivity index is 2.14. The van der Waals surface area contributed by atoms with Crippen LogP contribution < -0.4 is 0 Å². The predicted octanol–water partition coefficient (Wildman–Crippen LogP) is 4.10. The number of carbonyl (C=O) groups excluding carboxylic acids is 1. The molecule has 0 saturated heterocycles. The zero-order valence-electron chi connectivity index (χ0n) is 12.2. The van der Waals surface area contributed by atoms with Gasteiger partial charge < -0.3 is 5.11 Å². The standard InChI is InChI=1S/C17H22O3/c1-3-4-5-6-9-17(2)11-13-8-7-12(16(19)20)10-14(13)15(17)18/h7-8,10H,3-6,9,11H2,1-2H3,(H,19,20). The van der Waals surface area contributed by atoms with E-state index < -0.39 is 5.97 Å². The van der Waals surface area contributed by atoms with Gasteiger partial charge in [0.1, 0.15) is 0 Å². The van der Waals surface area contributed by atoms with Crippen LogP contribution in [0.4, 0.5) is 0 Å².